The van der Waals surface area contributed by atoms with E-state index in [1.54, 1.807) is 19.9 Å². The van der Waals surface area contributed by atoms with Crippen molar-refractivity contribution in [3.63, 3.8) is 0 Å². The molecule has 0 aliphatic heterocycles. The van der Waals surface area contributed by atoms with Gasteiger partial charge in [0.1, 0.15) is 18.2 Å². The van der Waals surface area contributed by atoms with Crippen molar-refractivity contribution in [1.29, 1.82) is 0 Å². The Morgan fingerprint density at radius 3 is 2.57 bits per heavy atom. The van der Waals surface area contributed by atoms with Gasteiger partial charge >= 0.3 is 0 Å². The third-order valence-electron chi connectivity index (χ3n) is 5.39. The van der Waals surface area contributed by atoms with E-state index in [0.29, 0.717) is 33.8 Å². The maximum absolute atomic E-state index is 8.99. The minimum absolute atomic E-state index is 0.174. The van der Waals surface area contributed by atoms with Crippen LogP contribution in [0.3, 0.4) is 0 Å². The van der Waals surface area contributed by atoms with Gasteiger partial charge in [0.25, 0.3) is 0 Å². The highest BCUT2D eigenvalue weighted by atomic mass is 16.3. The van der Waals surface area contributed by atoms with Crippen LogP contribution in [0.15, 0.2) is 40.8 Å². The molecule has 140 valence electrons. The molecular weight excluding hydrogens is 344 g/mol. The normalized spacial score (nSPS) is 13.4. The van der Waals surface area contributed by atoms with Crippen molar-refractivity contribution in [2.75, 3.05) is 0 Å². The highest BCUT2D eigenvalue weighted by Crippen LogP contribution is 2.40. The molecule has 0 aliphatic rings. The molecule has 0 N–H and O–H groups in total. The van der Waals surface area contributed by atoms with Gasteiger partial charge in [0.05, 0.1) is 14.9 Å². The van der Waals surface area contributed by atoms with E-state index in [0.717, 1.165) is 27.5 Å². The molecule has 3 nitrogen and oxygen atoms in total. The molecule has 0 amide bonds. The van der Waals surface area contributed by atoms with Gasteiger partial charge in [0, 0.05) is 31.2 Å². The lowest BCUT2D eigenvalue weighted by Crippen LogP contribution is -2.35. The van der Waals surface area contributed by atoms with Gasteiger partial charge in [-0.1, -0.05) is 32.0 Å². The molecule has 0 saturated carbocycles. The summed E-state index contributed by atoms with van der Waals surface area (Å²) in [6.07, 6.45) is 0. The number of pyridine rings is 1. The number of benzene rings is 2. The van der Waals surface area contributed by atoms with Crippen LogP contribution >= 0.6 is 0 Å². The number of aryl methyl sites for hydroxylation is 2. The van der Waals surface area contributed by atoms with E-state index in [1.807, 2.05) is 50.6 Å². The molecule has 0 saturated heterocycles. The van der Waals surface area contributed by atoms with Crippen LogP contribution in [0.5, 0.6) is 0 Å². The zero-order valence-electron chi connectivity index (χ0n) is 20.1. The summed E-state index contributed by atoms with van der Waals surface area (Å²) in [5.41, 5.74) is 6.28. The van der Waals surface area contributed by atoms with Gasteiger partial charge in [-0.15, -0.1) is 0 Å². The lowest BCUT2D eigenvalue weighted by atomic mass is 9.96. The summed E-state index contributed by atoms with van der Waals surface area (Å²) in [6, 6.07) is 8.06. The number of furan rings is 1. The van der Waals surface area contributed by atoms with E-state index in [4.69, 9.17) is 15.1 Å². The molecule has 0 bridgehead atoms. The molecule has 28 heavy (non-hydrogen) atoms. The molecule has 2 aromatic carbocycles. The third-order valence-corrected chi connectivity index (χ3v) is 5.39. The maximum atomic E-state index is 8.99. The zero-order valence-corrected chi connectivity index (χ0v) is 17.1. The van der Waals surface area contributed by atoms with E-state index in [1.165, 1.54) is 0 Å². The Bertz CT molecular complexity index is 1440. The molecule has 4 rings (SSSR count). The second-order valence-electron chi connectivity index (χ2n) is 7.60. The van der Waals surface area contributed by atoms with Crippen LogP contribution in [0, 0.1) is 27.3 Å². The SMILES string of the molecule is [2H]c1c(C([2H])(C)C)c([2H])c(-c2c(C)ccc3c2oc2cc([N+]#[C-])cc(C)c23)[n+](C)c1C. The van der Waals surface area contributed by atoms with E-state index in [-0.39, 0.29) is 12.1 Å². The molecule has 4 aromatic rings. The first-order chi connectivity index (χ1) is 14.5. The van der Waals surface area contributed by atoms with Gasteiger partial charge in [0.15, 0.2) is 11.4 Å². The molecule has 2 aromatic heterocycles. The first-order valence-corrected chi connectivity index (χ1v) is 9.32. The van der Waals surface area contributed by atoms with Crippen molar-refractivity contribution in [1.82, 2.24) is 0 Å². The van der Waals surface area contributed by atoms with E-state index in [9.17, 15) is 0 Å². The molecule has 2 heterocycles. The lowest BCUT2D eigenvalue weighted by molar-refractivity contribution is -0.666. The highest BCUT2D eigenvalue weighted by molar-refractivity contribution is 6.11. The first-order valence-electron chi connectivity index (χ1n) is 10.8. The van der Waals surface area contributed by atoms with Crippen LogP contribution in [0.2, 0.25) is 0 Å². The highest BCUT2D eigenvalue weighted by Gasteiger charge is 2.23. The Morgan fingerprint density at radius 2 is 1.89 bits per heavy atom. The molecule has 0 radical (unpaired) electrons. The molecule has 0 atom stereocenters. The van der Waals surface area contributed by atoms with Gasteiger partial charge in [-0.3, -0.25) is 0 Å². The first kappa shape index (κ1) is 14.9. The zero-order chi connectivity index (χ0) is 22.8. The Morgan fingerprint density at radius 1 is 1.14 bits per heavy atom. The fourth-order valence-electron chi connectivity index (χ4n) is 3.76. The van der Waals surface area contributed by atoms with Crippen LogP contribution in [0.25, 0.3) is 38.0 Å². The summed E-state index contributed by atoms with van der Waals surface area (Å²) in [7, 11) is 1.85. The summed E-state index contributed by atoms with van der Waals surface area (Å²) < 4.78 is 34.3. The molecule has 0 unspecified atom stereocenters. The molecule has 3 heteroatoms. The van der Waals surface area contributed by atoms with Gasteiger partial charge in [0.2, 0.25) is 5.69 Å². The maximum Gasteiger partial charge on any atom is 0.216 e. The summed E-state index contributed by atoms with van der Waals surface area (Å²) >= 11 is 0. The number of fused-ring (bicyclic) bond motifs is 3. The summed E-state index contributed by atoms with van der Waals surface area (Å²) in [4.78, 5) is 3.55. The van der Waals surface area contributed by atoms with Crippen molar-refractivity contribution in [3.05, 3.63) is 70.2 Å². The number of aromatic nitrogens is 1. The predicted molar refractivity (Wildman–Crippen MR) is 115 cm³/mol. The fraction of sp³-hybridized carbons (Fsp3) is 0.280. The van der Waals surface area contributed by atoms with Crippen LogP contribution in [0.4, 0.5) is 5.69 Å². The average molecular weight is 373 g/mol. The van der Waals surface area contributed by atoms with Gasteiger partial charge < -0.3 is 4.42 Å². The lowest BCUT2D eigenvalue weighted by Gasteiger charge is -2.11. The largest absolute Gasteiger partial charge is 0.456 e. The average Bonchev–Trinajstić information content (AvgIpc) is 3.05. The van der Waals surface area contributed by atoms with Crippen LogP contribution in [0.1, 0.15) is 46.2 Å². The number of nitrogens with zero attached hydrogens (tertiary/aromatic N) is 2. The van der Waals surface area contributed by atoms with Gasteiger partial charge in [-0.2, -0.15) is 4.57 Å². The smallest absolute Gasteiger partial charge is 0.216 e. The van der Waals surface area contributed by atoms with Crippen molar-refractivity contribution < 1.29 is 13.1 Å². The van der Waals surface area contributed by atoms with Gasteiger partial charge in [-0.05, 0) is 42.5 Å². The van der Waals surface area contributed by atoms with Crippen molar-refractivity contribution in [2.24, 2.45) is 7.05 Å². The van der Waals surface area contributed by atoms with E-state index < -0.39 is 5.89 Å². The Hall–Kier alpha value is -3.12. The standard InChI is InChI=1S/C25H25N2O/c1-14(2)18-11-17(5)27(7)21(12-18)24-15(3)8-9-20-23-16(4)10-19(26-6)13-22(23)28-25(20)24/h8-14H,1-5,7H3/q+1/i11D,12D,14D. The fourth-order valence-corrected chi connectivity index (χ4v) is 3.76. The molecular formula is C25H25N2O+. The minimum Gasteiger partial charge on any atom is -0.456 e. The number of hydrogen-bond donors (Lipinski definition) is 0. The molecule has 0 spiro atoms. The monoisotopic (exact) mass is 372 g/mol. The van der Waals surface area contributed by atoms with Crippen LogP contribution in [-0.2, 0) is 7.05 Å². The minimum atomic E-state index is -1.08. The molecule has 0 fully saturated rings. The van der Waals surface area contributed by atoms with Crippen LogP contribution in [-0.4, -0.2) is 0 Å². The topological polar surface area (TPSA) is 21.4 Å². The second kappa shape index (κ2) is 6.49. The van der Waals surface area contributed by atoms with E-state index in [2.05, 4.69) is 4.85 Å². The quantitative estimate of drug-likeness (QED) is 0.284. The Labute approximate surface area is 170 Å². The summed E-state index contributed by atoms with van der Waals surface area (Å²) in [5.74, 6) is -1.08. The predicted octanol–water partition coefficient (Wildman–Crippen LogP) is 6.68. The van der Waals surface area contributed by atoms with Crippen molar-refractivity contribution in [3.8, 4) is 11.3 Å². The van der Waals surface area contributed by atoms with Crippen molar-refractivity contribution >= 4 is 27.6 Å². The van der Waals surface area contributed by atoms with E-state index >= 15 is 0 Å². The third kappa shape index (κ3) is 2.68. The van der Waals surface area contributed by atoms with Gasteiger partial charge in [-0.25, -0.2) is 4.85 Å². The Kier molecular flexibility index (Phi) is 3.45. The Balaban J connectivity index is 2.21. The number of rotatable bonds is 2. The summed E-state index contributed by atoms with van der Waals surface area (Å²) in [5, 5.41) is 1.90. The van der Waals surface area contributed by atoms with Crippen molar-refractivity contribution in [2.45, 2.75) is 40.5 Å². The number of hydrogen-bond acceptors (Lipinski definition) is 1. The summed E-state index contributed by atoms with van der Waals surface area (Å²) in [6.45, 7) is 16.6. The second-order valence-corrected chi connectivity index (χ2v) is 7.60. The molecule has 0 aliphatic carbocycles. The van der Waals surface area contributed by atoms with Crippen LogP contribution < -0.4 is 4.57 Å².